The van der Waals surface area contributed by atoms with Crippen LogP contribution < -0.4 is 0 Å². The predicted octanol–water partition coefficient (Wildman–Crippen LogP) is 3.55. The van der Waals surface area contributed by atoms with Gasteiger partial charge in [0.2, 0.25) is 10.0 Å². The Morgan fingerprint density at radius 3 is 1.84 bits per heavy atom. The number of nitrogens with zero attached hydrogens (tertiary/aromatic N) is 1. The highest BCUT2D eigenvalue weighted by Gasteiger charge is 2.43. The summed E-state index contributed by atoms with van der Waals surface area (Å²) in [6.07, 6.45) is 1.16. The molecule has 2 aromatic rings. The van der Waals surface area contributed by atoms with Crippen LogP contribution in [0.25, 0.3) is 0 Å². The van der Waals surface area contributed by atoms with Crippen molar-refractivity contribution in [1.29, 1.82) is 0 Å². The Kier molecular flexibility index (Phi) is 5.35. The molecular formula is C20H23NO3S. The van der Waals surface area contributed by atoms with E-state index in [4.69, 9.17) is 0 Å². The summed E-state index contributed by atoms with van der Waals surface area (Å²) in [6, 6.07) is 18.7. The van der Waals surface area contributed by atoms with Crippen LogP contribution in [0, 0.1) is 0 Å². The molecule has 0 bridgehead atoms. The Hall–Kier alpha value is -1.98. The fourth-order valence-corrected chi connectivity index (χ4v) is 5.26. The molecule has 4 nitrogen and oxygen atoms in total. The zero-order valence-corrected chi connectivity index (χ0v) is 15.2. The van der Waals surface area contributed by atoms with Gasteiger partial charge in [0, 0.05) is 18.9 Å². The maximum Gasteiger partial charge on any atom is 0.215 e. The van der Waals surface area contributed by atoms with Crippen molar-refractivity contribution in [1.82, 2.24) is 4.31 Å². The topological polar surface area (TPSA) is 54.5 Å². The van der Waals surface area contributed by atoms with Crippen LogP contribution in [0.4, 0.5) is 0 Å². The molecule has 0 saturated heterocycles. The van der Waals surface area contributed by atoms with Crippen molar-refractivity contribution in [3.8, 4) is 0 Å². The van der Waals surface area contributed by atoms with Crippen molar-refractivity contribution in [2.75, 3.05) is 5.75 Å². The van der Waals surface area contributed by atoms with Crippen molar-refractivity contribution < 1.29 is 13.2 Å². The predicted molar refractivity (Wildman–Crippen MR) is 98.7 cm³/mol. The molecule has 1 saturated carbocycles. The average Bonchev–Trinajstić information content (AvgIpc) is 2.58. The van der Waals surface area contributed by atoms with Crippen molar-refractivity contribution >= 4 is 15.8 Å². The van der Waals surface area contributed by atoms with Gasteiger partial charge in [-0.25, -0.2) is 8.42 Å². The average molecular weight is 357 g/mol. The third kappa shape index (κ3) is 3.83. The number of hydrogen-bond donors (Lipinski definition) is 0. The second-order valence-corrected chi connectivity index (χ2v) is 8.46. The van der Waals surface area contributed by atoms with Gasteiger partial charge in [0.15, 0.2) is 0 Å². The lowest BCUT2D eigenvalue weighted by molar-refractivity contribution is -0.126. The number of ketones is 1. The zero-order valence-electron chi connectivity index (χ0n) is 14.3. The van der Waals surface area contributed by atoms with Crippen molar-refractivity contribution in [2.45, 2.75) is 38.3 Å². The molecule has 0 spiro atoms. The minimum atomic E-state index is -3.47. The fourth-order valence-electron chi connectivity index (χ4n) is 3.36. The number of carbonyl (C=O) groups excluding carboxylic acids is 1. The SMILES string of the molecule is CCCS(=O)(=O)N(C1CC(=O)C1)C(c1ccccc1)c1ccccc1. The van der Waals surface area contributed by atoms with E-state index in [9.17, 15) is 13.2 Å². The molecule has 0 N–H and O–H groups in total. The normalized spacial score (nSPS) is 15.6. The van der Waals surface area contributed by atoms with E-state index in [0.717, 1.165) is 11.1 Å². The quantitative estimate of drug-likeness (QED) is 0.761. The number of sulfonamides is 1. The summed E-state index contributed by atoms with van der Waals surface area (Å²) in [4.78, 5) is 11.6. The maximum atomic E-state index is 13.1. The van der Waals surface area contributed by atoms with Gasteiger partial charge in [-0.15, -0.1) is 0 Å². The van der Waals surface area contributed by atoms with Crippen LogP contribution >= 0.6 is 0 Å². The number of carbonyl (C=O) groups is 1. The van der Waals surface area contributed by atoms with E-state index in [1.807, 2.05) is 67.6 Å². The van der Waals surface area contributed by atoms with E-state index in [-0.39, 0.29) is 17.6 Å². The van der Waals surface area contributed by atoms with Crippen LogP contribution in [-0.2, 0) is 14.8 Å². The molecule has 0 unspecified atom stereocenters. The number of rotatable bonds is 7. The molecular weight excluding hydrogens is 334 g/mol. The first-order chi connectivity index (χ1) is 12.0. The summed E-state index contributed by atoms with van der Waals surface area (Å²) in [5.41, 5.74) is 1.85. The van der Waals surface area contributed by atoms with Gasteiger partial charge in [-0.3, -0.25) is 4.79 Å². The first-order valence-electron chi connectivity index (χ1n) is 8.65. The van der Waals surface area contributed by atoms with Gasteiger partial charge in [-0.1, -0.05) is 67.6 Å². The van der Waals surface area contributed by atoms with Crippen LogP contribution in [0.5, 0.6) is 0 Å². The number of hydrogen-bond acceptors (Lipinski definition) is 3. The molecule has 25 heavy (non-hydrogen) atoms. The highest BCUT2D eigenvalue weighted by molar-refractivity contribution is 7.89. The van der Waals surface area contributed by atoms with Crippen molar-refractivity contribution in [3.05, 3.63) is 71.8 Å². The molecule has 0 amide bonds. The summed E-state index contributed by atoms with van der Waals surface area (Å²) in [5, 5.41) is 0. The van der Waals surface area contributed by atoms with Crippen LogP contribution in [0.1, 0.15) is 43.4 Å². The van der Waals surface area contributed by atoms with Gasteiger partial charge in [0.05, 0.1) is 11.8 Å². The minimum absolute atomic E-state index is 0.0911. The summed E-state index contributed by atoms with van der Waals surface area (Å²) in [6.45, 7) is 1.86. The molecule has 1 fully saturated rings. The van der Waals surface area contributed by atoms with Crippen LogP contribution in [-0.4, -0.2) is 30.3 Å². The van der Waals surface area contributed by atoms with E-state index < -0.39 is 16.1 Å². The monoisotopic (exact) mass is 357 g/mol. The van der Waals surface area contributed by atoms with Crippen LogP contribution in [0.3, 0.4) is 0 Å². The van der Waals surface area contributed by atoms with Gasteiger partial charge < -0.3 is 0 Å². The first-order valence-corrected chi connectivity index (χ1v) is 10.3. The largest absolute Gasteiger partial charge is 0.300 e. The Morgan fingerprint density at radius 1 is 0.960 bits per heavy atom. The fraction of sp³-hybridized carbons (Fsp3) is 0.350. The summed E-state index contributed by atoms with van der Waals surface area (Å²) < 4.78 is 27.7. The highest BCUT2D eigenvalue weighted by Crippen LogP contribution is 2.37. The molecule has 1 aliphatic rings. The van der Waals surface area contributed by atoms with E-state index in [1.54, 1.807) is 4.31 Å². The Balaban J connectivity index is 2.11. The molecule has 0 aliphatic heterocycles. The van der Waals surface area contributed by atoms with Gasteiger partial charge in [-0.2, -0.15) is 4.31 Å². The molecule has 0 aromatic heterocycles. The number of benzene rings is 2. The minimum Gasteiger partial charge on any atom is -0.300 e. The molecule has 1 aliphatic carbocycles. The van der Waals surface area contributed by atoms with Crippen molar-refractivity contribution in [2.24, 2.45) is 0 Å². The third-order valence-corrected chi connectivity index (χ3v) is 6.63. The highest BCUT2D eigenvalue weighted by atomic mass is 32.2. The molecule has 132 valence electrons. The van der Waals surface area contributed by atoms with E-state index >= 15 is 0 Å². The smallest absolute Gasteiger partial charge is 0.215 e. The van der Waals surface area contributed by atoms with Crippen molar-refractivity contribution in [3.63, 3.8) is 0 Å². The van der Waals surface area contributed by atoms with Crippen LogP contribution in [0.2, 0.25) is 0 Å². The van der Waals surface area contributed by atoms with E-state index in [2.05, 4.69) is 0 Å². The molecule has 0 atom stereocenters. The van der Waals surface area contributed by atoms with Gasteiger partial charge in [-0.05, 0) is 17.5 Å². The van der Waals surface area contributed by atoms with E-state index in [0.29, 0.717) is 19.3 Å². The summed E-state index contributed by atoms with van der Waals surface area (Å²) >= 11 is 0. The lowest BCUT2D eigenvalue weighted by atomic mass is 9.88. The van der Waals surface area contributed by atoms with E-state index in [1.165, 1.54) is 0 Å². The van der Waals surface area contributed by atoms with Gasteiger partial charge in [0.1, 0.15) is 5.78 Å². The van der Waals surface area contributed by atoms with Gasteiger partial charge >= 0.3 is 0 Å². The lowest BCUT2D eigenvalue weighted by Crippen LogP contribution is -2.50. The molecule has 3 rings (SSSR count). The van der Waals surface area contributed by atoms with Crippen LogP contribution in [0.15, 0.2) is 60.7 Å². The number of Topliss-reactive ketones (excluding diaryl/α,β-unsaturated/α-hetero) is 1. The zero-order chi connectivity index (χ0) is 17.9. The standard InChI is InChI=1S/C20H23NO3S/c1-2-13-25(23,24)21(18-14-19(22)15-18)20(16-9-5-3-6-10-16)17-11-7-4-8-12-17/h3-12,18,20H,2,13-15H2,1H3. The molecule has 0 radical (unpaired) electrons. The van der Waals surface area contributed by atoms with Gasteiger partial charge in [0.25, 0.3) is 0 Å². The molecule has 0 heterocycles. The molecule has 2 aromatic carbocycles. The maximum absolute atomic E-state index is 13.1. The Labute approximate surface area is 149 Å². The lowest BCUT2D eigenvalue weighted by Gasteiger charge is -2.41. The Morgan fingerprint density at radius 2 is 1.44 bits per heavy atom. The molecule has 5 heteroatoms. The second kappa shape index (κ2) is 7.50. The Bertz CT molecular complexity index is 771. The first kappa shape index (κ1) is 17.8. The summed E-state index contributed by atoms with van der Waals surface area (Å²) in [5.74, 6) is 0.218. The second-order valence-electron chi connectivity index (χ2n) is 6.47. The third-order valence-electron chi connectivity index (χ3n) is 4.55. The summed E-state index contributed by atoms with van der Waals surface area (Å²) in [7, 11) is -3.47.